The van der Waals surface area contributed by atoms with Crippen molar-refractivity contribution >= 4 is 15.9 Å². The highest BCUT2D eigenvalue weighted by molar-refractivity contribution is 7.88. The SMILES string of the molecule is CS(=O)(=O)N1CCCN(C(=O)CCc2ccc(-c3ccccc3)o2)CC1. The molecule has 1 saturated heterocycles. The van der Waals surface area contributed by atoms with Gasteiger partial charge in [-0.2, -0.15) is 0 Å². The fourth-order valence-electron chi connectivity index (χ4n) is 3.13. The molecule has 6 nitrogen and oxygen atoms in total. The van der Waals surface area contributed by atoms with E-state index in [0.29, 0.717) is 45.4 Å². The van der Waals surface area contributed by atoms with Crippen molar-refractivity contribution in [3.63, 3.8) is 0 Å². The number of furan rings is 1. The third-order valence-corrected chi connectivity index (χ3v) is 5.88. The smallest absolute Gasteiger partial charge is 0.223 e. The lowest BCUT2D eigenvalue weighted by molar-refractivity contribution is -0.131. The van der Waals surface area contributed by atoms with Crippen LogP contribution in [0.5, 0.6) is 0 Å². The van der Waals surface area contributed by atoms with Crippen molar-refractivity contribution in [1.29, 1.82) is 0 Å². The molecule has 1 amide bonds. The number of carbonyl (C=O) groups excluding carboxylic acids is 1. The first-order valence-corrected chi connectivity index (χ1v) is 10.7. The number of benzene rings is 1. The van der Waals surface area contributed by atoms with Crippen molar-refractivity contribution in [2.24, 2.45) is 0 Å². The van der Waals surface area contributed by atoms with Gasteiger partial charge in [-0.15, -0.1) is 0 Å². The van der Waals surface area contributed by atoms with E-state index in [-0.39, 0.29) is 5.91 Å². The Morgan fingerprint density at radius 1 is 1.04 bits per heavy atom. The molecular formula is C19H24N2O4S. The van der Waals surface area contributed by atoms with Crippen LogP contribution in [0.4, 0.5) is 0 Å². The molecule has 140 valence electrons. The monoisotopic (exact) mass is 376 g/mol. The quantitative estimate of drug-likeness (QED) is 0.803. The fourth-order valence-corrected chi connectivity index (χ4v) is 4.01. The summed E-state index contributed by atoms with van der Waals surface area (Å²) in [6.07, 6.45) is 2.78. The molecule has 1 aliphatic rings. The number of aryl methyl sites for hydroxylation is 1. The molecule has 7 heteroatoms. The van der Waals surface area contributed by atoms with Gasteiger partial charge < -0.3 is 9.32 Å². The average Bonchev–Trinajstić information content (AvgIpc) is 2.94. The van der Waals surface area contributed by atoms with Crippen LogP contribution in [-0.4, -0.2) is 56.0 Å². The minimum atomic E-state index is -3.20. The molecule has 0 saturated carbocycles. The van der Waals surface area contributed by atoms with Crippen LogP contribution in [-0.2, 0) is 21.2 Å². The summed E-state index contributed by atoms with van der Waals surface area (Å²) >= 11 is 0. The van der Waals surface area contributed by atoms with Crippen molar-refractivity contribution < 1.29 is 17.6 Å². The van der Waals surface area contributed by atoms with Crippen LogP contribution in [0.3, 0.4) is 0 Å². The molecule has 0 aliphatic carbocycles. The summed E-state index contributed by atoms with van der Waals surface area (Å²) in [6.45, 7) is 1.88. The molecule has 0 spiro atoms. The summed E-state index contributed by atoms with van der Waals surface area (Å²) in [5.74, 6) is 1.62. The second kappa shape index (κ2) is 8.05. The first-order valence-electron chi connectivity index (χ1n) is 8.80. The second-order valence-electron chi connectivity index (χ2n) is 6.53. The first kappa shape index (κ1) is 18.7. The summed E-state index contributed by atoms with van der Waals surface area (Å²) in [5, 5.41) is 0. The van der Waals surface area contributed by atoms with E-state index in [4.69, 9.17) is 4.42 Å². The van der Waals surface area contributed by atoms with E-state index in [0.717, 1.165) is 17.1 Å². The number of hydrogen-bond acceptors (Lipinski definition) is 4. The number of hydrogen-bond donors (Lipinski definition) is 0. The van der Waals surface area contributed by atoms with Gasteiger partial charge in [0.2, 0.25) is 15.9 Å². The highest BCUT2D eigenvalue weighted by atomic mass is 32.2. The highest BCUT2D eigenvalue weighted by Crippen LogP contribution is 2.22. The van der Waals surface area contributed by atoms with Gasteiger partial charge in [-0.1, -0.05) is 30.3 Å². The Labute approximate surface area is 154 Å². The van der Waals surface area contributed by atoms with Crippen LogP contribution in [0.1, 0.15) is 18.6 Å². The third kappa shape index (κ3) is 4.74. The van der Waals surface area contributed by atoms with Gasteiger partial charge in [-0.05, 0) is 18.6 Å². The summed E-state index contributed by atoms with van der Waals surface area (Å²) in [4.78, 5) is 14.2. The molecule has 26 heavy (non-hydrogen) atoms. The second-order valence-corrected chi connectivity index (χ2v) is 8.51. The van der Waals surface area contributed by atoms with Crippen LogP contribution < -0.4 is 0 Å². The normalized spacial score (nSPS) is 16.4. The maximum atomic E-state index is 12.5. The summed E-state index contributed by atoms with van der Waals surface area (Å²) < 4.78 is 30.6. The summed E-state index contributed by atoms with van der Waals surface area (Å²) in [6, 6.07) is 13.7. The predicted molar refractivity (Wildman–Crippen MR) is 100 cm³/mol. The summed E-state index contributed by atoms with van der Waals surface area (Å²) in [5.41, 5.74) is 1.01. The van der Waals surface area contributed by atoms with Crippen LogP contribution in [0.2, 0.25) is 0 Å². The predicted octanol–water partition coefficient (Wildman–Crippen LogP) is 2.37. The molecule has 0 unspecified atom stereocenters. The Morgan fingerprint density at radius 3 is 2.54 bits per heavy atom. The number of carbonyl (C=O) groups is 1. The van der Waals surface area contributed by atoms with Gasteiger partial charge in [0.1, 0.15) is 11.5 Å². The molecule has 2 aromatic rings. The van der Waals surface area contributed by atoms with E-state index in [1.807, 2.05) is 42.5 Å². The van der Waals surface area contributed by atoms with Crippen molar-refractivity contribution in [2.75, 3.05) is 32.4 Å². The zero-order chi connectivity index (χ0) is 18.6. The maximum Gasteiger partial charge on any atom is 0.223 e. The zero-order valence-corrected chi connectivity index (χ0v) is 15.7. The van der Waals surface area contributed by atoms with Gasteiger partial charge in [0.25, 0.3) is 0 Å². The number of sulfonamides is 1. The fraction of sp³-hybridized carbons (Fsp3) is 0.421. The molecule has 1 aromatic heterocycles. The standard InChI is InChI=1S/C19H24N2O4S/c1-26(23,24)21-13-5-12-20(14-15-21)19(22)11-9-17-8-10-18(25-17)16-6-3-2-4-7-16/h2-4,6-8,10H,5,9,11-15H2,1H3. The molecule has 0 N–H and O–H groups in total. The van der Waals surface area contributed by atoms with Crippen molar-refractivity contribution in [3.05, 3.63) is 48.2 Å². The average molecular weight is 376 g/mol. The van der Waals surface area contributed by atoms with E-state index in [1.165, 1.54) is 10.6 Å². The molecule has 0 radical (unpaired) electrons. The van der Waals surface area contributed by atoms with Crippen molar-refractivity contribution in [2.45, 2.75) is 19.3 Å². The molecule has 0 bridgehead atoms. The van der Waals surface area contributed by atoms with E-state index in [2.05, 4.69) is 0 Å². The maximum absolute atomic E-state index is 12.5. The Bertz CT molecular complexity index is 845. The van der Waals surface area contributed by atoms with Crippen LogP contribution >= 0.6 is 0 Å². The van der Waals surface area contributed by atoms with Crippen molar-refractivity contribution in [3.8, 4) is 11.3 Å². The van der Waals surface area contributed by atoms with Crippen LogP contribution in [0.15, 0.2) is 46.9 Å². The van der Waals surface area contributed by atoms with Crippen molar-refractivity contribution in [1.82, 2.24) is 9.21 Å². The lowest BCUT2D eigenvalue weighted by atomic mass is 10.2. The van der Waals surface area contributed by atoms with Gasteiger partial charge >= 0.3 is 0 Å². The van der Waals surface area contributed by atoms with Gasteiger partial charge in [0.05, 0.1) is 6.26 Å². The van der Waals surface area contributed by atoms with E-state index in [1.54, 1.807) is 4.90 Å². The summed E-state index contributed by atoms with van der Waals surface area (Å²) in [7, 11) is -3.20. The zero-order valence-electron chi connectivity index (χ0n) is 14.9. The molecule has 2 heterocycles. The lowest BCUT2D eigenvalue weighted by Crippen LogP contribution is -2.37. The van der Waals surface area contributed by atoms with E-state index < -0.39 is 10.0 Å². The molecule has 3 rings (SSSR count). The minimum Gasteiger partial charge on any atom is -0.461 e. The van der Waals surface area contributed by atoms with Crippen LogP contribution in [0.25, 0.3) is 11.3 Å². The Hall–Kier alpha value is -2.12. The Morgan fingerprint density at radius 2 is 1.81 bits per heavy atom. The third-order valence-electron chi connectivity index (χ3n) is 4.58. The molecular weight excluding hydrogens is 352 g/mol. The Kier molecular flexibility index (Phi) is 5.78. The number of rotatable bonds is 5. The van der Waals surface area contributed by atoms with Crippen LogP contribution in [0, 0.1) is 0 Å². The van der Waals surface area contributed by atoms with Gasteiger partial charge in [-0.25, -0.2) is 12.7 Å². The highest BCUT2D eigenvalue weighted by Gasteiger charge is 2.23. The van der Waals surface area contributed by atoms with Gasteiger partial charge in [-0.3, -0.25) is 4.79 Å². The molecule has 1 fully saturated rings. The van der Waals surface area contributed by atoms with E-state index in [9.17, 15) is 13.2 Å². The number of nitrogens with zero attached hydrogens (tertiary/aromatic N) is 2. The van der Waals surface area contributed by atoms with E-state index >= 15 is 0 Å². The van der Waals surface area contributed by atoms with Gasteiger partial charge in [0, 0.05) is 44.6 Å². The first-order chi connectivity index (χ1) is 12.4. The molecule has 1 aliphatic heterocycles. The number of amides is 1. The molecule has 0 atom stereocenters. The largest absolute Gasteiger partial charge is 0.461 e. The Balaban J connectivity index is 1.54. The minimum absolute atomic E-state index is 0.0398. The van der Waals surface area contributed by atoms with Gasteiger partial charge in [0.15, 0.2) is 0 Å². The topological polar surface area (TPSA) is 70.8 Å². The lowest BCUT2D eigenvalue weighted by Gasteiger charge is -2.20. The molecule has 1 aromatic carbocycles.